The highest BCUT2D eigenvalue weighted by atomic mass is 16.7. The minimum absolute atomic E-state index is 0.184. The number of carbonyl (C=O) groups excluding carboxylic acids is 1. The van der Waals surface area contributed by atoms with Gasteiger partial charge in [-0.15, -0.1) is 0 Å². The molecular formula is C15H20O10. The van der Waals surface area contributed by atoms with Crippen molar-refractivity contribution in [1.82, 2.24) is 0 Å². The zero-order valence-corrected chi connectivity index (χ0v) is 13.3. The van der Waals surface area contributed by atoms with E-state index in [4.69, 9.17) is 14.2 Å². The lowest BCUT2D eigenvalue weighted by Crippen LogP contribution is -2.59. The lowest BCUT2D eigenvalue weighted by atomic mass is 9.99. The molecule has 5 atom stereocenters. The molecule has 6 N–H and O–H groups in total. The quantitative estimate of drug-likeness (QED) is 0.277. The van der Waals surface area contributed by atoms with Gasteiger partial charge in [0.2, 0.25) is 0 Å². The van der Waals surface area contributed by atoms with E-state index >= 15 is 0 Å². The second kappa shape index (κ2) is 7.85. The first-order chi connectivity index (χ1) is 11.8. The summed E-state index contributed by atoms with van der Waals surface area (Å²) in [5.74, 6) is -3.18. The maximum atomic E-state index is 12.0. The third kappa shape index (κ3) is 4.11. The summed E-state index contributed by atoms with van der Waals surface area (Å²) in [7, 11) is 0. The van der Waals surface area contributed by atoms with Gasteiger partial charge < -0.3 is 44.8 Å². The molecule has 140 valence electrons. The van der Waals surface area contributed by atoms with E-state index in [0.29, 0.717) is 0 Å². The number of rotatable bonds is 5. The molecule has 1 saturated heterocycles. The monoisotopic (exact) mass is 360 g/mol. The Bertz CT molecular complexity index is 595. The summed E-state index contributed by atoms with van der Waals surface area (Å²) in [4.78, 5) is 12.0. The first-order valence-corrected chi connectivity index (χ1v) is 7.49. The summed E-state index contributed by atoms with van der Waals surface area (Å²) in [5, 5.41) is 57.5. The Labute approximate surface area is 142 Å². The molecule has 0 bridgehead atoms. The molecule has 0 unspecified atom stereocenters. The van der Waals surface area contributed by atoms with E-state index in [1.807, 2.05) is 0 Å². The maximum Gasteiger partial charge on any atom is 0.338 e. The van der Waals surface area contributed by atoms with Gasteiger partial charge in [-0.2, -0.15) is 0 Å². The fourth-order valence-electron chi connectivity index (χ4n) is 2.32. The molecule has 1 aliphatic heterocycles. The van der Waals surface area contributed by atoms with Gasteiger partial charge in [-0.3, -0.25) is 0 Å². The molecule has 0 amide bonds. The standard InChI is InChI=1S/C15H20O10/c1-2-23-15-13(21)12(20)11(19)9(25-15)5-24-14(22)6-3-7(16)10(18)8(17)4-6/h3-4,9,11-13,15-21H,2,5H2,1H3/t9-,11-,12+,13-,15-/m1/s1. The van der Waals surface area contributed by atoms with Gasteiger partial charge >= 0.3 is 5.97 Å². The van der Waals surface area contributed by atoms with Gasteiger partial charge in [-0.25, -0.2) is 4.79 Å². The van der Waals surface area contributed by atoms with E-state index in [0.717, 1.165) is 12.1 Å². The van der Waals surface area contributed by atoms with Crippen LogP contribution in [0.1, 0.15) is 17.3 Å². The molecule has 1 fully saturated rings. The second-order valence-electron chi connectivity index (χ2n) is 5.43. The average Bonchev–Trinajstić information content (AvgIpc) is 2.58. The van der Waals surface area contributed by atoms with E-state index in [1.165, 1.54) is 0 Å². The van der Waals surface area contributed by atoms with Crippen molar-refractivity contribution in [2.75, 3.05) is 13.2 Å². The number of ether oxygens (including phenoxy) is 3. The van der Waals surface area contributed by atoms with Crippen molar-refractivity contribution in [3.63, 3.8) is 0 Å². The Morgan fingerprint density at radius 2 is 1.68 bits per heavy atom. The molecule has 0 radical (unpaired) electrons. The van der Waals surface area contributed by atoms with Crippen LogP contribution in [-0.2, 0) is 14.2 Å². The fraction of sp³-hybridized carbons (Fsp3) is 0.533. The first-order valence-electron chi connectivity index (χ1n) is 7.49. The number of aromatic hydroxyl groups is 3. The van der Waals surface area contributed by atoms with Crippen LogP contribution in [0, 0.1) is 0 Å². The summed E-state index contributed by atoms with van der Waals surface area (Å²) in [6, 6.07) is 1.77. The van der Waals surface area contributed by atoms with Gasteiger partial charge in [0.05, 0.1) is 5.56 Å². The van der Waals surface area contributed by atoms with Crippen molar-refractivity contribution in [2.45, 2.75) is 37.6 Å². The normalized spacial score (nSPS) is 29.4. The Hall–Kier alpha value is -2.11. The van der Waals surface area contributed by atoms with Crippen LogP contribution >= 0.6 is 0 Å². The van der Waals surface area contributed by atoms with Crippen LogP contribution in [0.15, 0.2) is 12.1 Å². The smallest absolute Gasteiger partial charge is 0.338 e. The number of phenolic OH excluding ortho intramolecular Hbond substituents is 3. The summed E-state index contributed by atoms with van der Waals surface area (Å²) >= 11 is 0. The summed E-state index contributed by atoms with van der Waals surface area (Å²) in [5.41, 5.74) is -0.250. The van der Waals surface area contributed by atoms with Crippen LogP contribution in [0.2, 0.25) is 0 Å². The lowest BCUT2D eigenvalue weighted by molar-refractivity contribution is -0.299. The molecule has 10 nitrogen and oxygen atoms in total. The molecule has 0 aromatic heterocycles. The molecule has 0 saturated carbocycles. The van der Waals surface area contributed by atoms with Crippen molar-refractivity contribution in [3.8, 4) is 17.2 Å². The van der Waals surface area contributed by atoms with Crippen molar-refractivity contribution >= 4 is 5.97 Å². The Kier molecular flexibility index (Phi) is 6.03. The summed E-state index contributed by atoms with van der Waals surface area (Å²) in [6.45, 7) is 1.34. The number of hydrogen-bond donors (Lipinski definition) is 6. The summed E-state index contributed by atoms with van der Waals surface area (Å²) in [6.07, 6.45) is -6.92. The summed E-state index contributed by atoms with van der Waals surface area (Å²) < 4.78 is 15.3. The largest absolute Gasteiger partial charge is 0.504 e. The van der Waals surface area contributed by atoms with Gasteiger partial charge in [0, 0.05) is 6.61 Å². The molecule has 25 heavy (non-hydrogen) atoms. The van der Waals surface area contributed by atoms with Gasteiger partial charge in [-0.05, 0) is 19.1 Å². The third-order valence-electron chi connectivity index (χ3n) is 3.68. The van der Waals surface area contributed by atoms with Gasteiger partial charge in [0.25, 0.3) is 0 Å². The number of aliphatic hydroxyl groups excluding tert-OH is 3. The van der Waals surface area contributed by atoms with Gasteiger partial charge in [0.15, 0.2) is 23.5 Å². The second-order valence-corrected chi connectivity index (χ2v) is 5.43. The zero-order valence-electron chi connectivity index (χ0n) is 13.3. The number of hydrogen-bond acceptors (Lipinski definition) is 10. The lowest BCUT2D eigenvalue weighted by Gasteiger charge is -2.39. The highest BCUT2D eigenvalue weighted by molar-refractivity contribution is 5.91. The molecule has 1 aromatic rings. The maximum absolute atomic E-state index is 12.0. The Morgan fingerprint density at radius 1 is 1.08 bits per heavy atom. The molecule has 10 heteroatoms. The van der Waals surface area contributed by atoms with Crippen LogP contribution in [0.5, 0.6) is 17.2 Å². The first kappa shape index (κ1) is 19.2. The Morgan fingerprint density at radius 3 is 2.24 bits per heavy atom. The van der Waals surface area contributed by atoms with Crippen LogP contribution in [0.25, 0.3) is 0 Å². The fourth-order valence-corrected chi connectivity index (χ4v) is 2.32. The van der Waals surface area contributed by atoms with E-state index in [9.17, 15) is 35.4 Å². The average molecular weight is 360 g/mol. The molecule has 1 aromatic carbocycles. The molecule has 0 aliphatic carbocycles. The van der Waals surface area contributed by atoms with Gasteiger partial charge in [0.1, 0.15) is 31.0 Å². The highest BCUT2D eigenvalue weighted by Gasteiger charge is 2.44. The van der Waals surface area contributed by atoms with Crippen molar-refractivity contribution in [3.05, 3.63) is 17.7 Å². The van der Waals surface area contributed by atoms with Crippen molar-refractivity contribution in [1.29, 1.82) is 0 Å². The number of carbonyl (C=O) groups is 1. The van der Waals surface area contributed by atoms with Crippen LogP contribution in [-0.4, -0.2) is 80.5 Å². The number of phenols is 3. The van der Waals surface area contributed by atoms with Crippen LogP contribution in [0.3, 0.4) is 0 Å². The predicted octanol–water partition coefficient (Wildman–Crippen LogP) is -1.20. The SMILES string of the molecule is CCO[C@@H]1O[C@H](COC(=O)c2cc(O)c(O)c(O)c2)[C@@H](O)[C@H](O)[C@H]1O. The van der Waals surface area contributed by atoms with Crippen LogP contribution < -0.4 is 0 Å². The van der Waals surface area contributed by atoms with Crippen molar-refractivity contribution in [2.24, 2.45) is 0 Å². The third-order valence-corrected chi connectivity index (χ3v) is 3.68. The van der Waals surface area contributed by atoms with Crippen LogP contribution in [0.4, 0.5) is 0 Å². The van der Waals surface area contributed by atoms with E-state index in [2.05, 4.69) is 0 Å². The van der Waals surface area contributed by atoms with Crippen molar-refractivity contribution < 1.29 is 49.6 Å². The molecule has 2 rings (SSSR count). The number of benzene rings is 1. The molecule has 1 heterocycles. The topological polar surface area (TPSA) is 166 Å². The molecule has 0 spiro atoms. The molecular weight excluding hydrogens is 340 g/mol. The Balaban J connectivity index is 2.03. The predicted molar refractivity (Wildman–Crippen MR) is 80.0 cm³/mol. The van der Waals surface area contributed by atoms with E-state index < -0.39 is 60.5 Å². The minimum Gasteiger partial charge on any atom is -0.504 e. The minimum atomic E-state index is -1.56. The highest BCUT2D eigenvalue weighted by Crippen LogP contribution is 2.35. The van der Waals surface area contributed by atoms with Gasteiger partial charge in [-0.1, -0.05) is 0 Å². The number of esters is 1. The molecule has 1 aliphatic rings. The number of aliphatic hydroxyl groups is 3. The van der Waals surface area contributed by atoms with E-state index in [1.54, 1.807) is 6.92 Å². The van der Waals surface area contributed by atoms with E-state index in [-0.39, 0.29) is 12.2 Å². The zero-order chi connectivity index (χ0) is 18.7.